The maximum absolute atomic E-state index is 11.1. The van der Waals surface area contributed by atoms with E-state index in [4.69, 9.17) is 17.4 Å². The van der Waals surface area contributed by atoms with Crippen molar-refractivity contribution in [1.29, 1.82) is 0 Å². The van der Waals surface area contributed by atoms with Gasteiger partial charge in [-0.1, -0.05) is 0 Å². The number of benzene rings is 1. The lowest BCUT2D eigenvalue weighted by Crippen LogP contribution is -2.29. The zero-order valence-electron chi connectivity index (χ0n) is 7.79. The number of hydrogen-bond donors (Lipinski definition) is 3. The zero-order valence-corrected chi connectivity index (χ0v) is 8.54. The average Bonchev–Trinajstić information content (AvgIpc) is 2.29. The maximum Gasteiger partial charge on any atom is 0.265 e. The fourth-order valence-corrected chi connectivity index (χ4v) is 1.05. The largest absolute Gasteiger partial charge is 0.325 e. The van der Waals surface area contributed by atoms with Crippen molar-refractivity contribution in [3.05, 3.63) is 29.8 Å². The summed E-state index contributed by atoms with van der Waals surface area (Å²) in [7, 11) is 0. The van der Waals surface area contributed by atoms with E-state index < -0.39 is 0 Å². The minimum atomic E-state index is -0.384. The van der Waals surface area contributed by atoms with E-state index in [2.05, 4.69) is 5.32 Å². The van der Waals surface area contributed by atoms with Gasteiger partial charge in [-0.3, -0.25) is 15.0 Å². The average molecular weight is 228 g/mol. The van der Waals surface area contributed by atoms with Crippen LogP contribution >= 0.6 is 11.6 Å². The molecule has 1 aromatic carbocycles. The summed E-state index contributed by atoms with van der Waals surface area (Å²) >= 11 is 5.31. The van der Waals surface area contributed by atoms with Crippen LogP contribution in [0.15, 0.2) is 24.3 Å². The first-order valence-electron chi connectivity index (χ1n) is 4.14. The third-order valence-electron chi connectivity index (χ3n) is 1.68. The number of hydrazine groups is 1. The summed E-state index contributed by atoms with van der Waals surface area (Å²) in [6.45, 7) is 0. The van der Waals surface area contributed by atoms with Gasteiger partial charge in [0.1, 0.15) is 5.88 Å². The molecular formula is C9H10ClN3O2. The van der Waals surface area contributed by atoms with Gasteiger partial charge in [0, 0.05) is 11.3 Å². The van der Waals surface area contributed by atoms with E-state index in [9.17, 15) is 9.59 Å². The quantitative estimate of drug-likeness (QED) is 0.304. The van der Waals surface area contributed by atoms with Crippen molar-refractivity contribution >= 4 is 29.1 Å². The number of anilines is 1. The molecule has 1 rings (SSSR count). The first-order valence-corrected chi connectivity index (χ1v) is 4.67. The summed E-state index contributed by atoms with van der Waals surface area (Å²) in [6.07, 6.45) is 0. The zero-order chi connectivity index (χ0) is 11.3. The minimum absolute atomic E-state index is 0.106. The van der Waals surface area contributed by atoms with E-state index in [-0.39, 0.29) is 17.7 Å². The highest BCUT2D eigenvalue weighted by Gasteiger charge is 2.03. The van der Waals surface area contributed by atoms with Crippen LogP contribution in [0, 0.1) is 0 Å². The Balaban J connectivity index is 2.72. The van der Waals surface area contributed by atoms with Crippen molar-refractivity contribution in [1.82, 2.24) is 5.43 Å². The predicted molar refractivity (Wildman–Crippen MR) is 57.4 cm³/mol. The molecule has 0 aliphatic heterocycles. The molecule has 80 valence electrons. The highest BCUT2D eigenvalue weighted by Crippen LogP contribution is 2.09. The van der Waals surface area contributed by atoms with E-state index in [1.807, 2.05) is 5.43 Å². The monoisotopic (exact) mass is 227 g/mol. The van der Waals surface area contributed by atoms with Crippen molar-refractivity contribution in [3.8, 4) is 0 Å². The maximum atomic E-state index is 11.1. The second-order valence-corrected chi connectivity index (χ2v) is 3.00. The fraction of sp³-hybridized carbons (Fsp3) is 0.111. The molecule has 0 saturated carbocycles. The topological polar surface area (TPSA) is 84.2 Å². The van der Waals surface area contributed by atoms with Gasteiger partial charge in [0.25, 0.3) is 5.91 Å². The van der Waals surface area contributed by atoms with Gasteiger partial charge >= 0.3 is 0 Å². The number of halogens is 1. The number of nitrogen functional groups attached to an aromatic ring is 1. The molecule has 0 saturated heterocycles. The molecule has 0 spiro atoms. The standard InChI is InChI=1S/C9H10ClN3O2/c10-5-8(14)12-7-3-1-6(2-4-7)9(15)13-11/h1-4H,5,11H2,(H,12,14)(H,13,15). The number of carbonyl (C=O) groups excluding carboxylic acids is 2. The van der Waals surface area contributed by atoms with Crippen molar-refractivity contribution in [3.63, 3.8) is 0 Å². The number of rotatable bonds is 3. The second-order valence-electron chi connectivity index (χ2n) is 2.73. The highest BCUT2D eigenvalue weighted by atomic mass is 35.5. The van der Waals surface area contributed by atoms with E-state index >= 15 is 0 Å². The molecule has 2 amide bonds. The molecule has 0 aromatic heterocycles. The Morgan fingerprint density at radius 3 is 2.33 bits per heavy atom. The Kier molecular flexibility index (Phi) is 4.08. The summed E-state index contributed by atoms with van der Waals surface area (Å²) in [6, 6.07) is 6.28. The Bertz CT molecular complexity index is 364. The summed E-state index contributed by atoms with van der Waals surface area (Å²) in [5.74, 6) is 4.17. The molecule has 0 aliphatic carbocycles. The van der Waals surface area contributed by atoms with Gasteiger partial charge in [-0.05, 0) is 24.3 Å². The van der Waals surface area contributed by atoms with Gasteiger partial charge in [-0.15, -0.1) is 11.6 Å². The Morgan fingerprint density at radius 1 is 1.27 bits per heavy atom. The third kappa shape index (κ3) is 3.23. The van der Waals surface area contributed by atoms with Crippen molar-refractivity contribution in [2.45, 2.75) is 0 Å². The Hall–Kier alpha value is -1.59. The van der Waals surface area contributed by atoms with Crippen LogP contribution < -0.4 is 16.6 Å². The van der Waals surface area contributed by atoms with Gasteiger partial charge < -0.3 is 5.32 Å². The number of carbonyl (C=O) groups is 2. The lowest BCUT2D eigenvalue weighted by molar-refractivity contribution is -0.113. The summed E-state index contributed by atoms with van der Waals surface area (Å²) < 4.78 is 0. The number of hydrogen-bond acceptors (Lipinski definition) is 3. The molecular weight excluding hydrogens is 218 g/mol. The molecule has 0 atom stereocenters. The number of alkyl halides is 1. The van der Waals surface area contributed by atoms with Crippen LogP contribution in [0.5, 0.6) is 0 Å². The smallest absolute Gasteiger partial charge is 0.265 e. The van der Waals surface area contributed by atoms with E-state index in [0.29, 0.717) is 11.3 Å². The predicted octanol–water partition coefficient (Wildman–Crippen LogP) is 0.467. The van der Waals surface area contributed by atoms with Gasteiger partial charge in [0.15, 0.2) is 0 Å². The third-order valence-corrected chi connectivity index (χ3v) is 1.93. The second kappa shape index (κ2) is 5.33. The number of amides is 2. The van der Waals surface area contributed by atoms with Gasteiger partial charge in [0.05, 0.1) is 0 Å². The molecule has 0 radical (unpaired) electrons. The molecule has 0 bridgehead atoms. The van der Waals surface area contributed by atoms with E-state index in [1.54, 1.807) is 24.3 Å². The summed E-state index contributed by atoms with van der Waals surface area (Å²) in [5, 5.41) is 2.54. The molecule has 5 nitrogen and oxygen atoms in total. The lowest BCUT2D eigenvalue weighted by Gasteiger charge is -2.03. The van der Waals surface area contributed by atoms with Gasteiger partial charge in [-0.2, -0.15) is 0 Å². The van der Waals surface area contributed by atoms with Gasteiger partial charge in [-0.25, -0.2) is 5.84 Å². The van der Waals surface area contributed by atoms with E-state index in [1.165, 1.54) is 0 Å². The van der Waals surface area contributed by atoms with E-state index in [0.717, 1.165) is 0 Å². The van der Waals surface area contributed by atoms with Gasteiger partial charge in [0.2, 0.25) is 5.91 Å². The molecule has 1 aromatic rings. The first-order chi connectivity index (χ1) is 7.17. The van der Waals surface area contributed by atoms with Crippen LogP contribution in [0.1, 0.15) is 10.4 Å². The number of nitrogens with two attached hydrogens (primary N) is 1. The van der Waals surface area contributed by atoms with Crippen LogP contribution in [0.4, 0.5) is 5.69 Å². The Labute approximate surface area is 91.6 Å². The highest BCUT2D eigenvalue weighted by molar-refractivity contribution is 6.29. The van der Waals surface area contributed by atoms with Crippen LogP contribution in [-0.2, 0) is 4.79 Å². The Morgan fingerprint density at radius 2 is 1.87 bits per heavy atom. The normalized spacial score (nSPS) is 9.47. The fourth-order valence-electron chi connectivity index (χ4n) is 0.983. The van der Waals surface area contributed by atoms with Crippen molar-refractivity contribution in [2.75, 3.05) is 11.2 Å². The molecule has 0 heterocycles. The molecule has 0 fully saturated rings. The van der Waals surface area contributed by atoms with Crippen LogP contribution in [0.3, 0.4) is 0 Å². The summed E-state index contributed by atoms with van der Waals surface area (Å²) in [5.41, 5.74) is 3.00. The molecule has 15 heavy (non-hydrogen) atoms. The lowest BCUT2D eigenvalue weighted by atomic mass is 10.2. The summed E-state index contributed by atoms with van der Waals surface area (Å²) in [4.78, 5) is 22.0. The molecule has 0 aliphatic rings. The van der Waals surface area contributed by atoms with Crippen LogP contribution in [0.25, 0.3) is 0 Å². The molecule has 6 heteroatoms. The molecule has 4 N–H and O–H groups in total. The SMILES string of the molecule is NNC(=O)c1ccc(NC(=O)CCl)cc1. The van der Waals surface area contributed by atoms with Crippen LogP contribution in [-0.4, -0.2) is 17.7 Å². The first kappa shape index (κ1) is 11.5. The number of nitrogens with one attached hydrogen (secondary N) is 2. The van der Waals surface area contributed by atoms with Crippen LogP contribution in [0.2, 0.25) is 0 Å². The molecule has 0 unspecified atom stereocenters. The van der Waals surface area contributed by atoms with Crippen molar-refractivity contribution in [2.24, 2.45) is 5.84 Å². The minimum Gasteiger partial charge on any atom is -0.325 e. The van der Waals surface area contributed by atoms with Crippen molar-refractivity contribution < 1.29 is 9.59 Å².